The van der Waals surface area contributed by atoms with Gasteiger partial charge in [-0.3, -0.25) is 9.59 Å². The molecule has 2 rings (SSSR count). The van der Waals surface area contributed by atoms with E-state index in [1.54, 1.807) is 4.90 Å². The number of methoxy groups -OCH3 is 1. The maximum atomic E-state index is 12.3. The smallest absolute Gasteiger partial charge is 0.308 e. The van der Waals surface area contributed by atoms with Crippen LogP contribution in [0.2, 0.25) is 0 Å². The normalized spacial score (nSPS) is 18.4. The predicted molar refractivity (Wildman–Crippen MR) is 77.8 cm³/mol. The van der Waals surface area contributed by atoms with E-state index in [1.165, 1.54) is 12.7 Å². The maximum Gasteiger partial charge on any atom is 0.308 e. The zero-order valence-corrected chi connectivity index (χ0v) is 12.5. The summed E-state index contributed by atoms with van der Waals surface area (Å²) in [4.78, 5) is 25.3. The van der Waals surface area contributed by atoms with Crippen LogP contribution in [0.5, 0.6) is 0 Å². The lowest BCUT2D eigenvalue weighted by atomic mass is 10.1. The molecule has 1 aliphatic rings. The molecule has 0 N–H and O–H groups in total. The van der Waals surface area contributed by atoms with E-state index >= 15 is 0 Å². The first-order valence-corrected chi connectivity index (χ1v) is 7.10. The van der Waals surface area contributed by atoms with Gasteiger partial charge in [0.25, 0.3) is 0 Å². The largest absolute Gasteiger partial charge is 0.469 e. The van der Waals surface area contributed by atoms with Gasteiger partial charge in [0.1, 0.15) is 0 Å². The summed E-state index contributed by atoms with van der Waals surface area (Å²) in [6.07, 6.45) is 0.295. The van der Waals surface area contributed by atoms with E-state index in [-0.39, 0.29) is 24.4 Å². The molecule has 1 unspecified atom stereocenters. The van der Waals surface area contributed by atoms with Crippen LogP contribution < -0.4 is 0 Å². The Balaban J connectivity index is 1.89. The van der Waals surface area contributed by atoms with Gasteiger partial charge in [0.05, 0.1) is 32.7 Å². The minimum Gasteiger partial charge on any atom is -0.469 e. The van der Waals surface area contributed by atoms with Crippen molar-refractivity contribution in [2.24, 2.45) is 0 Å². The molecule has 0 spiro atoms. The third kappa shape index (κ3) is 4.56. The highest BCUT2D eigenvalue weighted by Gasteiger charge is 2.26. The molecule has 1 atom stereocenters. The number of carbonyl (C=O) groups excluding carboxylic acids is 2. The highest BCUT2D eigenvalue weighted by molar-refractivity contribution is 5.79. The minimum atomic E-state index is -0.312. The molecule has 1 aromatic rings. The molecule has 1 saturated heterocycles. The molecule has 0 aliphatic carbocycles. The molecule has 1 amide bonds. The van der Waals surface area contributed by atoms with Crippen LogP contribution >= 0.6 is 0 Å². The molecule has 0 radical (unpaired) electrons. The van der Waals surface area contributed by atoms with Crippen LogP contribution in [-0.2, 0) is 25.5 Å². The number of benzene rings is 1. The standard InChI is InChI=1S/C16H21NO4/c1-12-3-5-13(6-4-12)9-15(18)17-7-8-21-14(11-17)10-16(19)20-2/h3-6,14H,7-11H2,1-2H3. The van der Waals surface area contributed by atoms with E-state index in [9.17, 15) is 9.59 Å². The molecular weight excluding hydrogens is 270 g/mol. The molecule has 1 heterocycles. The zero-order chi connectivity index (χ0) is 15.2. The number of hydrogen-bond acceptors (Lipinski definition) is 4. The van der Waals surface area contributed by atoms with Gasteiger partial charge in [-0.2, -0.15) is 0 Å². The van der Waals surface area contributed by atoms with Gasteiger partial charge in [-0.05, 0) is 12.5 Å². The van der Waals surface area contributed by atoms with Crippen LogP contribution in [0.25, 0.3) is 0 Å². The van der Waals surface area contributed by atoms with E-state index in [1.807, 2.05) is 31.2 Å². The van der Waals surface area contributed by atoms with Gasteiger partial charge in [0, 0.05) is 13.1 Å². The fourth-order valence-corrected chi connectivity index (χ4v) is 2.33. The molecule has 1 aliphatic heterocycles. The van der Waals surface area contributed by atoms with Crippen molar-refractivity contribution in [2.75, 3.05) is 26.8 Å². The maximum absolute atomic E-state index is 12.3. The third-order valence-corrected chi connectivity index (χ3v) is 3.59. The van der Waals surface area contributed by atoms with Gasteiger partial charge in [0.2, 0.25) is 5.91 Å². The van der Waals surface area contributed by atoms with Crippen molar-refractivity contribution in [1.29, 1.82) is 0 Å². The molecule has 1 aromatic carbocycles. The first-order valence-electron chi connectivity index (χ1n) is 7.10. The summed E-state index contributed by atoms with van der Waals surface area (Å²) in [5.41, 5.74) is 2.18. The van der Waals surface area contributed by atoms with E-state index in [0.29, 0.717) is 26.1 Å². The van der Waals surface area contributed by atoms with Crippen molar-refractivity contribution in [3.05, 3.63) is 35.4 Å². The Labute approximate surface area is 124 Å². The summed E-state index contributed by atoms with van der Waals surface area (Å²) in [5.74, 6) is -0.246. The van der Waals surface area contributed by atoms with E-state index in [4.69, 9.17) is 4.74 Å². The van der Waals surface area contributed by atoms with Crippen molar-refractivity contribution < 1.29 is 19.1 Å². The quantitative estimate of drug-likeness (QED) is 0.785. The number of morpholine rings is 1. The summed E-state index contributed by atoms with van der Waals surface area (Å²) in [7, 11) is 1.35. The number of aryl methyl sites for hydroxylation is 1. The Kier molecular flexibility index (Phi) is 5.33. The molecule has 5 nitrogen and oxygen atoms in total. The van der Waals surface area contributed by atoms with Gasteiger partial charge in [-0.1, -0.05) is 29.8 Å². The second-order valence-electron chi connectivity index (χ2n) is 5.28. The van der Waals surface area contributed by atoms with Crippen LogP contribution in [0.15, 0.2) is 24.3 Å². The van der Waals surface area contributed by atoms with Gasteiger partial charge in [-0.15, -0.1) is 0 Å². The van der Waals surface area contributed by atoms with Gasteiger partial charge in [-0.25, -0.2) is 0 Å². The number of rotatable bonds is 4. The van der Waals surface area contributed by atoms with Crippen LogP contribution in [0.3, 0.4) is 0 Å². The Hall–Kier alpha value is -1.88. The first-order chi connectivity index (χ1) is 10.1. The summed E-state index contributed by atoms with van der Waals surface area (Å²) in [5, 5.41) is 0. The Morgan fingerprint density at radius 1 is 1.33 bits per heavy atom. The number of esters is 1. The molecule has 5 heteroatoms. The SMILES string of the molecule is COC(=O)CC1CN(C(=O)Cc2ccc(C)cc2)CCO1. The highest BCUT2D eigenvalue weighted by Crippen LogP contribution is 2.12. The Morgan fingerprint density at radius 2 is 2.05 bits per heavy atom. The van der Waals surface area contributed by atoms with Gasteiger partial charge >= 0.3 is 5.97 Å². The lowest BCUT2D eigenvalue weighted by Gasteiger charge is -2.32. The van der Waals surface area contributed by atoms with Crippen LogP contribution in [-0.4, -0.2) is 49.7 Å². The van der Waals surface area contributed by atoms with Crippen molar-refractivity contribution in [3.63, 3.8) is 0 Å². The number of carbonyl (C=O) groups is 2. The predicted octanol–water partition coefficient (Wildman–Crippen LogP) is 1.33. The number of nitrogens with zero attached hydrogens (tertiary/aromatic N) is 1. The average molecular weight is 291 g/mol. The van der Waals surface area contributed by atoms with Gasteiger partial charge in [0.15, 0.2) is 0 Å². The molecule has 21 heavy (non-hydrogen) atoms. The Morgan fingerprint density at radius 3 is 2.71 bits per heavy atom. The fraction of sp³-hybridized carbons (Fsp3) is 0.500. The lowest BCUT2D eigenvalue weighted by molar-refractivity contribution is -0.149. The molecule has 1 fully saturated rings. The van der Waals surface area contributed by atoms with E-state index in [2.05, 4.69) is 4.74 Å². The molecule has 0 bridgehead atoms. The summed E-state index contributed by atoms with van der Waals surface area (Å²) in [6.45, 7) is 3.49. The van der Waals surface area contributed by atoms with Crippen molar-refractivity contribution >= 4 is 11.9 Å². The topological polar surface area (TPSA) is 55.8 Å². The fourth-order valence-electron chi connectivity index (χ4n) is 2.33. The highest BCUT2D eigenvalue weighted by atomic mass is 16.5. The summed E-state index contributed by atoms with van der Waals surface area (Å²) in [6, 6.07) is 7.95. The number of ether oxygens (including phenoxy) is 2. The average Bonchev–Trinajstić information content (AvgIpc) is 2.49. The molecule has 0 saturated carbocycles. The van der Waals surface area contributed by atoms with Crippen LogP contribution in [0.4, 0.5) is 0 Å². The number of amides is 1. The molecular formula is C16H21NO4. The van der Waals surface area contributed by atoms with Crippen molar-refractivity contribution in [1.82, 2.24) is 4.90 Å². The van der Waals surface area contributed by atoms with E-state index < -0.39 is 0 Å². The molecule has 114 valence electrons. The summed E-state index contributed by atoms with van der Waals surface area (Å²) >= 11 is 0. The van der Waals surface area contributed by atoms with Crippen molar-refractivity contribution in [2.45, 2.75) is 25.9 Å². The summed E-state index contributed by atoms with van der Waals surface area (Å²) < 4.78 is 10.1. The monoisotopic (exact) mass is 291 g/mol. The van der Waals surface area contributed by atoms with Crippen molar-refractivity contribution in [3.8, 4) is 0 Å². The number of hydrogen-bond donors (Lipinski definition) is 0. The Bertz CT molecular complexity index is 498. The minimum absolute atomic E-state index is 0.0667. The van der Waals surface area contributed by atoms with E-state index in [0.717, 1.165) is 5.56 Å². The zero-order valence-electron chi connectivity index (χ0n) is 12.5. The third-order valence-electron chi connectivity index (χ3n) is 3.59. The second kappa shape index (κ2) is 7.22. The second-order valence-corrected chi connectivity index (χ2v) is 5.28. The van der Waals surface area contributed by atoms with Crippen LogP contribution in [0, 0.1) is 6.92 Å². The molecule has 0 aromatic heterocycles. The first kappa shape index (κ1) is 15.5. The lowest BCUT2D eigenvalue weighted by Crippen LogP contribution is -2.46. The van der Waals surface area contributed by atoms with Crippen LogP contribution in [0.1, 0.15) is 17.5 Å². The van der Waals surface area contributed by atoms with Gasteiger partial charge < -0.3 is 14.4 Å².